The highest BCUT2D eigenvalue weighted by atomic mass is 19.1. The van der Waals surface area contributed by atoms with Crippen molar-refractivity contribution in [3.05, 3.63) is 51.2 Å². The molecule has 1 amide bonds. The van der Waals surface area contributed by atoms with Crippen LogP contribution in [0, 0.1) is 23.1 Å². The van der Waals surface area contributed by atoms with E-state index in [2.05, 4.69) is 5.32 Å². The van der Waals surface area contributed by atoms with E-state index < -0.39 is 69.6 Å². The number of rotatable bonds is 5. The van der Waals surface area contributed by atoms with Gasteiger partial charge in [-0.15, -0.1) is 0 Å². The van der Waals surface area contributed by atoms with Crippen molar-refractivity contribution in [2.24, 2.45) is 23.0 Å². The van der Waals surface area contributed by atoms with Gasteiger partial charge in [-0.1, -0.05) is 20.8 Å². The summed E-state index contributed by atoms with van der Waals surface area (Å²) < 4.78 is 15.3. The number of primary amides is 1. The van der Waals surface area contributed by atoms with E-state index in [1.54, 1.807) is 14.1 Å². The van der Waals surface area contributed by atoms with Crippen molar-refractivity contribution in [2.45, 2.75) is 51.8 Å². The Bertz CT molecular complexity index is 1310. The number of carbonyl (C=O) groups is 3. The number of phenolic OH excluding ortho intramolecular Hbond substituents is 1. The zero-order valence-electron chi connectivity index (χ0n) is 22.1. The Labute approximate surface area is 219 Å². The molecule has 4 atom stereocenters. The van der Waals surface area contributed by atoms with Crippen LogP contribution in [0.5, 0.6) is 5.75 Å². The maximum Gasteiger partial charge on any atom is 0.255 e. The molecule has 3 aliphatic rings. The molecule has 0 bridgehead atoms. The highest BCUT2D eigenvalue weighted by Crippen LogP contribution is 2.52. The molecule has 3 aliphatic carbocycles. The second kappa shape index (κ2) is 9.18. The number of nitrogens with two attached hydrogens (primary N) is 1. The summed E-state index contributed by atoms with van der Waals surface area (Å²) in [5, 5.41) is 47.8. The fraction of sp³-hybridized carbons (Fsp3) is 0.519. The summed E-state index contributed by atoms with van der Waals surface area (Å²) in [6.07, 6.45) is -0.190. The number of amides is 1. The first-order valence-electron chi connectivity index (χ1n) is 12.4. The van der Waals surface area contributed by atoms with E-state index in [9.17, 15) is 34.8 Å². The van der Waals surface area contributed by atoms with Crippen LogP contribution >= 0.6 is 0 Å². The molecule has 1 aromatic rings. The first-order chi connectivity index (χ1) is 17.5. The van der Waals surface area contributed by atoms with Gasteiger partial charge in [-0.2, -0.15) is 0 Å². The molecule has 4 rings (SSSR count). The number of carbonyl (C=O) groups excluding carboxylic acids is 3. The van der Waals surface area contributed by atoms with Crippen LogP contribution in [0.2, 0.25) is 0 Å². The highest BCUT2D eigenvalue weighted by Gasteiger charge is 2.63. The highest BCUT2D eigenvalue weighted by molar-refractivity contribution is 6.24. The first kappa shape index (κ1) is 27.7. The predicted octanol–water partition coefficient (Wildman–Crippen LogP) is 1.40. The molecule has 0 unspecified atom stereocenters. The molecule has 38 heavy (non-hydrogen) atoms. The van der Waals surface area contributed by atoms with Crippen molar-refractivity contribution >= 4 is 17.5 Å². The lowest BCUT2D eigenvalue weighted by Crippen LogP contribution is -2.63. The second-order valence-corrected chi connectivity index (χ2v) is 11.8. The molecule has 10 nitrogen and oxygen atoms in total. The summed E-state index contributed by atoms with van der Waals surface area (Å²) in [5.74, 6) is -8.28. The van der Waals surface area contributed by atoms with E-state index in [0.717, 1.165) is 0 Å². The number of hydrogen-bond acceptors (Lipinski definition) is 9. The van der Waals surface area contributed by atoms with Crippen molar-refractivity contribution in [3.63, 3.8) is 0 Å². The van der Waals surface area contributed by atoms with Gasteiger partial charge in [-0.3, -0.25) is 19.3 Å². The fourth-order valence-corrected chi connectivity index (χ4v) is 6.03. The Morgan fingerprint density at radius 3 is 2.42 bits per heavy atom. The number of aliphatic hydroxyl groups is 3. The van der Waals surface area contributed by atoms with Gasteiger partial charge in [-0.05, 0) is 44.3 Å². The molecule has 7 N–H and O–H groups in total. The van der Waals surface area contributed by atoms with Crippen molar-refractivity contribution in [2.75, 3.05) is 20.6 Å². The number of nitrogens with zero attached hydrogens (tertiary/aromatic N) is 1. The SMILES string of the molecule is CN(C)[C@@H]1C(O)=C(C(N)=O)C(=O)[C@@]2(O)C(O)=C3C(=O)c4c(O)c(CNCC(C)(C)C)cc(F)c4C[C@H]3C[C@@H]12. The summed E-state index contributed by atoms with van der Waals surface area (Å²) in [4.78, 5) is 40.5. The molecule has 0 spiro atoms. The molecule has 1 aromatic carbocycles. The predicted molar refractivity (Wildman–Crippen MR) is 135 cm³/mol. The molecule has 0 fully saturated rings. The Morgan fingerprint density at radius 2 is 1.87 bits per heavy atom. The van der Waals surface area contributed by atoms with E-state index in [1.807, 2.05) is 20.8 Å². The summed E-state index contributed by atoms with van der Waals surface area (Å²) in [6.45, 7) is 6.63. The number of halogens is 1. The normalized spacial score (nSPS) is 27.4. The summed E-state index contributed by atoms with van der Waals surface area (Å²) >= 11 is 0. The van der Waals surface area contributed by atoms with Crippen molar-refractivity contribution in [3.8, 4) is 5.75 Å². The average Bonchev–Trinajstić information content (AvgIpc) is 2.78. The number of benzene rings is 1. The molecule has 11 heteroatoms. The third-order valence-electron chi connectivity index (χ3n) is 7.72. The van der Waals surface area contributed by atoms with Crippen molar-refractivity contribution in [1.82, 2.24) is 10.2 Å². The number of likely N-dealkylation sites (N-methyl/N-ethyl adjacent to an activating group) is 1. The van der Waals surface area contributed by atoms with E-state index in [-0.39, 0.29) is 47.1 Å². The van der Waals surface area contributed by atoms with Gasteiger partial charge in [0.2, 0.25) is 5.78 Å². The fourth-order valence-electron chi connectivity index (χ4n) is 6.03. The Hall–Kier alpha value is -3.28. The van der Waals surface area contributed by atoms with Crippen LogP contribution in [0.4, 0.5) is 4.39 Å². The molecule has 0 saturated carbocycles. The van der Waals surface area contributed by atoms with Gasteiger partial charge < -0.3 is 31.5 Å². The second-order valence-electron chi connectivity index (χ2n) is 11.8. The van der Waals surface area contributed by atoms with Gasteiger partial charge in [0.25, 0.3) is 5.91 Å². The number of aromatic hydroxyl groups is 1. The lowest BCUT2D eigenvalue weighted by molar-refractivity contribution is -0.148. The van der Waals surface area contributed by atoms with Gasteiger partial charge in [0.05, 0.1) is 11.6 Å². The van der Waals surface area contributed by atoms with Gasteiger partial charge in [0.1, 0.15) is 28.7 Å². The van der Waals surface area contributed by atoms with Crippen LogP contribution in [-0.2, 0) is 22.6 Å². The van der Waals surface area contributed by atoms with Crippen LogP contribution in [-0.4, -0.2) is 75.1 Å². The van der Waals surface area contributed by atoms with Crippen LogP contribution in [0.25, 0.3) is 0 Å². The topological polar surface area (TPSA) is 173 Å². The Kier molecular flexibility index (Phi) is 6.70. The van der Waals surface area contributed by atoms with Crippen molar-refractivity contribution < 1.29 is 39.2 Å². The van der Waals surface area contributed by atoms with E-state index in [1.165, 1.54) is 11.0 Å². The monoisotopic (exact) mass is 531 g/mol. The van der Waals surface area contributed by atoms with Gasteiger partial charge in [-0.25, -0.2) is 4.39 Å². The summed E-state index contributed by atoms with van der Waals surface area (Å²) in [6, 6.07) is 0.0700. The Balaban J connectivity index is 1.85. The minimum absolute atomic E-state index is 0.0276. The number of fused-ring (bicyclic) bond motifs is 3. The number of allylic oxidation sites excluding steroid dienone is 1. The first-order valence-corrected chi connectivity index (χ1v) is 12.4. The number of phenols is 1. The third-order valence-corrected chi connectivity index (χ3v) is 7.72. The smallest absolute Gasteiger partial charge is 0.255 e. The maximum atomic E-state index is 15.3. The lowest BCUT2D eigenvalue weighted by atomic mass is 9.58. The number of hydrogen-bond donors (Lipinski definition) is 6. The Morgan fingerprint density at radius 1 is 1.24 bits per heavy atom. The third kappa shape index (κ3) is 4.09. The lowest BCUT2D eigenvalue weighted by Gasteiger charge is -2.50. The molecule has 0 radical (unpaired) electrons. The summed E-state index contributed by atoms with van der Waals surface area (Å²) in [7, 11) is 3.08. The zero-order valence-corrected chi connectivity index (χ0v) is 22.1. The molecule has 206 valence electrons. The molecular weight excluding hydrogens is 497 g/mol. The minimum atomic E-state index is -2.73. The standard InChI is InChI=1S/C27H34FN3O7/c1-26(2,3)10-30-9-12-8-15(28)13-6-11-7-14-19(31(4)5)22(34)18(25(29)37)24(36)27(14,38)23(35)16(11)21(33)17(13)20(12)32/h8,11,14,19,30,32,34-35,38H,6-7,9-10H2,1-5H3,(H2,29,37)/t11-,14-,19-,27-/m0/s1. The maximum absolute atomic E-state index is 15.3. The van der Waals surface area contributed by atoms with Crippen molar-refractivity contribution in [1.29, 1.82) is 0 Å². The molecule has 0 aromatic heterocycles. The molecule has 0 saturated heterocycles. The minimum Gasteiger partial charge on any atom is -0.510 e. The number of Topliss-reactive ketones (excluding diaryl/α,β-unsaturated/α-hetero) is 2. The quantitative estimate of drug-likeness (QED) is 0.307. The molecular formula is C27H34FN3O7. The largest absolute Gasteiger partial charge is 0.510 e. The zero-order chi connectivity index (χ0) is 28.5. The molecule has 0 aliphatic heterocycles. The van der Waals surface area contributed by atoms with E-state index in [4.69, 9.17) is 5.73 Å². The van der Waals surface area contributed by atoms with Gasteiger partial charge in [0, 0.05) is 35.7 Å². The molecule has 0 heterocycles. The van der Waals surface area contributed by atoms with E-state index in [0.29, 0.717) is 6.54 Å². The van der Waals surface area contributed by atoms with Crippen LogP contribution in [0.3, 0.4) is 0 Å². The average molecular weight is 532 g/mol. The number of ketones is 2. The van der Waals surface area contributed by atoms with Crippen LogP contribution < -0.4 is 11.1 Å². The summed E-state index contributed by atoms with van der Waals surface area (Å²) in [5.41, 5.74) is 1.10. The van der Waals surface area contributed by atoms with Crippen LogP contribution in [0.15, 0.2) is 28.7 Å². The van der Waals surface area contributed by atoms with Gasteiger partial charge in [0.15, 0.2) is 11.4 Å². The van der Waals surface area contributed by atoms with E-state index >= 15 is 4.39 Å². The van der Waals surface area contributed by atoms with Crippen LogP contribution in [0.1, 0.15) is 48.7 Å². The number of aliphatic hydroxyl groups excluding tert-OH is 2. The van der Waals surface area contributed by atoms with Gasteiger partial charge >= 0.3 is 0 Å². The number of nitrogens with one attached hydrogen (secondary N) is 1.